The van der Waals surface area contributed by atoms with Gasteiger partial charge >= 0.3 is 0 Å². The monoisotopic (exact) mass is 324 g/mol. The minimum Gasteiger partial charge on any atom is -0.300 e. The number of piperazine rings is 3. The van der Waals surface area contributed by atoms with Crippen LogP contribution in [0.25, 0.3) is 0 Å². The summed E-state index contributed by atoms with van der Waals surface area (Å²) in [6.45, 7) is 12.4. The quantitative estimate of drug-likeness (QED) is 0.584. The predicted octanol–water partition coefficient (Wildman–Crippen LogP) is -0.782. The van der Waals surface area contributed by atoms with Gasteiger partial charge in [0.25, 0.3) is 6.79 Å². The van der Waals surface area contributed by atoms with E-state index in [1.54, 1.807) is 0 Å². The number of hydrogen-bond acceptors (Lipinski definition) is 3. The second kappa shape index (κ2) is 5.87. The van der Waals surface area contributed by atoms with Crippen molar-refractivity contribution in [2.75, 3.05) is 39.3 Å². The molecule has 3 nitrogen and oxygen atoms in total. The fraction of sp³-hybridized carbons (Fsp3) is 0.857. The van der Waals surface area contributed by atoms with E-state index in [1.165, 1.54) is 39.3 Å². The molecule has 0 spiro atoms. The van der Waals surface area contributed by atoms with Gasteiger partial charge in [-0.3, -0.25) is 14.6 Å². The summed E-state index contributed by atoms with van der Waals surface area (Å²) in [5.74, 6) is 0. The van der Waals surface area contributed by atoms with Crippen molar-refractivity contribution in [2.24, 2.45) is 0 Å². The Balaban J connectivity index is 0.000000311. The Labute approximate surface area is 82.0 Å². The van der Waals surface area contributed by atoms with Crippen molar-refractivity contribution >= 4 is 6.79 Å². The average Bonchev–Trinajstić information content (AvgIpc) is 2.11. The van der Waals surface area contributed by atoms with E-state index in [4.69, 9.17) is 4.79 Å². The van der Waals surface area contributed by atoms with Gasteiger partial charge in [-0.15, -0.1) is 0 Å². The molecule has 3 rings (SSSR count). The Morgan fingerprint density at radius 2 is 0.909 bits per heavy atom. The molecule has 0 atom stereocenters. The zero-order chi connectivity index (χ0) is 7.40. The topological polar surface area (TPSA) is 23.6 Å². The molecule has 2 radical (unpaired) electrons. The van der Waals surface area contributed by atoms with Crippen LogP contribution in [0.15, 0.2) is 0 Å². The van der Waals surface area contributed by atoms with Crippen LogP contribution in [-0.2, 0) is 25.9 Å². The molecule has 11 heavy (non-hydrogen) atoms. The molecule has 3 aliphatic rings. The maximum atomic E-state index is 7.50. The van der Waals surface area contributed by atoms with Crippen LogP contribution in [0.1, 0.15) is 0 Å². The standard InChI is InChI=1S/C6H12N2.CO.W/c1-2-8-5-3-7(1)4-6-8;1-2;/h1-6H2;;. The molecule has 4 heteroatoms. The van der Waals surface area contributed by atoms with Crippen molar-refractivity contribution in [3.05, 3.63) is 0 Å². The number of nitrogens with zero attached hydrogens (tertiary/aromatic N) is 2. The van der Waals surface area contributed by atoms with E-state index in [0.717, 1.165) is 0 Å². The van der Waals surface area contributed by atoms with Crippen molar-refractivity contribution in [1.82, 2.24) is 9.80 Å². The summed E-state index contributed by atoms with van der Waals surface area (Å²) in [6, 6.07) is 0. The zero-order valence-electron chi connectivity index (χ0n) is 6.45. The first-order valence-electron chi connectivity index (χ1n) is 3.60. The fourth-order valence-electron chi connectivity index (χ4n) is 1.52. The molecule has 3 heterocycles. The Morgan fingerprint density at radius 1 is 0.727 bits per heavy atom. The summed E-state index contributed by atoms with van der Waals surface area (Å²) in [5.41, 5.74) is 0. The van der Waals surface area contributed by atoms with Gasteiger partial charge in [0, 0.05) is 60.3 Å². The third kappa shape index (κ3) is 3.02. The van der Waals surface area contributed by atoms with Gasteiger partial charge in [0.1, 0.15) is 0 Å². The Morgan fingerprint density at radius 3 is 1.00 bits per heavy atom. The Kier molecular flexibility index (Phi) is 6.02. The van der Waals surface area contributed by atoms with Crippen LogP contribution in [0.5, 0.6) is 0 Å². The van der Waals surface area contributed by atoms with Gasteiger partial charge in [0.05, 0.1) is 0 Å². The normalized spacial score (nSPS) is 33.1. The van der Waals surface area contributed by atoms with Gasteiger partial charge in [0.15, 0.2) is 0 Å². The summed E-state index contributed by atoms with van der Waals surface area (Å²) in [6.07, 6.45) is 0. The van der Waals surface area contributed by atoms with E-state index in [9.17, 15) is 0 Å². The average molecular weight is 324 g/mol. The van der Waals surface area contributed by atoms with E-state index < -0.39 is 0 Å². The van der Waals surface area contributed by atoms with Crippen molar-refractivity contribution < 1.29 is 25.9 Å². The van der Waals surface area contributed by atoms with E-state index in [1.807, 2.05) is 0 Å². The smallest absolute Gasteiger partial charge is 0.281 e. The van der Waals surface area contributed by atoms with Crippen LogP contribution < -0.4 is 0 Å². The van der Waals surface area contributed by atoms with Crippen molar-refractivity contribution in [2.45, 2.75) is 0 Å². The first-order valence-corrected chi connectivity index (χ1v) is 3.60. The maximum absolute atomic E-state index is 7.50. The molecule has 3 saturated heterocycles. The predicted molar refractivity (Wildman–Crippen MR) is 38.6 cm³/mol. The Bertz CT molecular complexity index is 81.6. The molecule has 0 aromatic carbocycles. The van der Waals surface area contributed by atoms with E-state index >= 15 is 0 Å². The molecule has 0 aliphatic carbocycles. The molecule has 0 amide bonds. The van der Waals surface area contributed by atoms with Gasteiger partial charge in [0.2, 0.25) is 0 Å². The van der Waals surface area contributed by atoms with Crippen LogP contribution in [0.4, 0.5) is 0 Å². The third-order valence-corrected chi connectivity index (χ3v) is 2.20. The third-order valence-electron chi connectivity index (χ3n) is 2.20. The Hall–Kier alpha value is 0.278. The minimum atomic E-state index is 0. The largest absolute Gasteiger partial charge is 0.300 e. The molecule has 0 N–H and O–H groups in total. The SMILES string of the molecule is C1CN2CCN1CC2.[C]=O.[W]. The van der Waals surface area contributed by atoms with Gasteiger partial charge in [-0.2, -0.15) is 0 Å². The molecule has 0 unspecified atom stereocenters. The van der Waals surface area contributed by atoms with Crippen molar-refractivity contribution in [1.29, 1.82) is 0 Å². The molecule has 0 aromatic heterocycles. The van der Waals surface area contributed by atoms with Crippen LogP contribution in [0.3, 0.4) is 0 Å². The second-order valence-electron chi connectivity index (χ2n) is 2.68. The summed E-state index contributed by atoms with van der Waals surface area (Å²) in [7, 11) is 0. The van der Waals surface area contributed by atoms with Crippen LogP contribution in [0.2, 0.25) is 0 Å². The van der Waals surface area contributed by atoms with Gasteiger partial charge < -0.3 is 0 Å². The summed E-state index contributed by atoms with van der Waals surface area (Å²) < 4.78 is 0. The number of rotatable bonds is 0. The summed E-state index contributed by atoms with van der Waals surface area (Å²) in [5, 5.41) is 0. The summed E-state index contributed by atoms with van der Waals surface area (Å²) in [4.78, 5) is 12.6. The molecule has 3 aliphatic heterocycles. The first kappa shape index (κ1) is 11.3. The number of fused-ring (bicyclic) bond motifs is 3. The van der Waals surface area contributed by atoms with Gasteiger partial charge in [-0.25, -0.2) is 0 Å². The molecule has 62 valence electrons. The molecule has 0 saturated carbocycles. The number of hydrogen-bond donors (Lipinski definition) is 0. The van der Waals surface area contributed by atoms with E-state index in [2.05, 4.69) is 16.6 Å². The van der Waals surface area contributed by atoms with Crippen LogP contribution >= 0.6 is 0 Å². The molecular weight excluding hydrogens is 312 g/mol. The van der Waals surface area contributed by atoms with Crippen molar-refractivity contribution in [3.63, 3.8) is 0 Å². The fourth-order valence-corrected chi connectivity index (χ4v) is 1.52. The van der Waals surface area contributed by atoms with E-state index in [0.29, 0.717) is 0 Å². The first-order chi connectivity index (χ1) is 4.95. The van der Waals surface area contributed by atoms with Gasteiger partial charge in [-0.05, 0) is 0 Å². The molecule has 3 fully saturated rings. The van der Waals surface area contributed by atoms with Crippen LogP contribution in [-0.4, -0.2) is 55.9 Å². The molecular formula is C7H12N2OW. The molecule has 0 aromatic rings. The number of carbonyl (C=O) groups excluding carboxylic acids is 1. The van der Waals surface area contributed by atoms with Gasteiger partial charge in [-0.1, -0.05) is 0 Å². The maximum Gasteiger partial charge on any atom is 0.281 e. The summed E-state index contributed by atoms with van der Waals surface area (Å²) >= 11 is 0. The van der Waals surface area contributed by atoms with Crippen molar-refractivity contribution in [3.8, 4) is 0 Å². The molecule has 2 bridgehead atoms. The minimum absolute atomic E-state index is 0. The van der Waals surface area contributed by atoms with Crippen LogP contribution in [0, 0.1) is 0 Å². The van der Waals surface area contributed by atoms with E-state index in [-0.39, 0.29) is 21.1 Å². The second-order valence-corrected chi connectivity index (χ2v) is 2.68. The zero-order valence-corrected chi connectivity index (χ0v) is 9.39.